The van der Waals surface area contributed by atoms with Gasteiger partial charge in [-0.15, -0.1) is 0 Å². The first kappa shape index (κ1) is 36.8. The lowest BCUT2D eigenvalue weighted by Gasteiger charge is -2.17. The summed E-state index contributed by atoms with van der Waals surface area (Å²) in [4.78, 5) is 25.4. The molecule has 0 N–H and O–H groups in total. The van der Waals surface area contributed by atoms with Gasteiger partial charge < -0.3 is 14.2 Å². The van der Waals surface area contributed by atoms with E-state index in [-0.39, 0.29) is 17.4 Å². The summed E-state index contributed by atoms with van der Waals surface area (Å²) in [6.07, 6.45) is 16.9. The van der Waals surface area contributed by atoms with Crippen LogP contribution in [0, 0.1) is 5.82 Å². The van der Waals surface area contributed by atoms with Crippen molar-refractivity contribution in [1.82, 2.24) is 0 Å². The number of benzene rings is 3. The maximum absolute atomic E-state index is 14.8. The van der Waals surface area contributed by atoms with Crippen LogP contribution >= 0.6 is 0 Å². The maximum atomic E-state index is 14.8. The van der Waals surface area contributed by atoms with E-state index in [9.17, 15) is 14.0 Å². The standard InChI is InChI=1S/C40H53FO5/c1-4-7-10-11-12-13-14-15-16-29-44-35-26-23-32(24-27-35)31-19-21-33(22-20-31)39(42)46-38-28-25-34(30-37(38)41)40(43)45-36(17-8-5-2)18-9-6-3/h19-28,30,36H,4-18,29H2,1-3H3. The Kier molecular flexibility index (Phi) is 16.9. The van der Waals surface area contributed by atoms with Gasteiger partial charge in [0, 0.05) is 0 Å². The van der Waals surface area contributed by atoms with Crippen LogP contribution < -0.4 is 9.47 Å². The van der Waals surface area contributed by atoms with E-state index in [1.54, 1.807) is 12.1 Å². The van der Waals surface area contributed by atoms with E-state index in [1.807, 2.05) is 36.4 Å². The van der Waals surface area contributed by atoms with Gasteiger partial charge in [-0.25, -0.2) is 14.0 Å². The SMILES string of the molecule is CCCCCCCCCCCOc1ccc(-c2ccc(C(=O)Oc3ccc(C(=O)OC(CCCC)CCCC)cc3F)cc2)cc1. The number of carbonyl (C=O) groups is 2. The highest BCUT2D eigenvalue weighted by Crippen LogP contribution is 2.25. The highest BCUT2D eigenvalue weighted by atomic mass is 19.1. The van der Waals surface area contributed by atoms with Gasteiger partial charge in [-0.05, 0) is 72.9 Å². The Morgan fingerprint density at radius 2 is 1.13 bits per heavy atom. The topological polar surface area (TPSA) is 61.8 Å². The number of ether oxygens (including phenoxy) is 3. The predicted molar refractivity (Wildman–Crippen MR) is 184 cm³/mol. The van der Waals surface area contributed by atoms with Gasteiger partial charge in [0.1, 0.15) is 11.9 Å². The molecule has 0 saturated carbocycles. The molecule has 0 heterocycles. The van der Waals surface area contributed by atoms with Crippen LogP contribution in [-0.4, -0.2) is 24.6 Å². The van der Waals surface area contributed by atoms with Crippen molar-refractivity contribution in [3.8, 4) is 22.6 Å². The molecule has 3 aromatic rings. The molecule has 0 radical (unpaired) electrons. The second kappa shape index (κ2) is 21.2. The van der Waals surface area contributed by atoms with E-state index in [2.05, 4.69) is 20.8 Å². The van der Waals surface area contributed by atoms with Gasteiger partial charge in [-0.1, -0.05) is 122 Å². The molecule has 0 atom stereocenters. The van der Waals surface area contributed by atoms with Crippen molar-refractivity contribution in [2.45, 2.75) is 123 Å². The van der Waals surface area contributed by atoms with Gasteiger partial charge in [0.25, 0.3) is 0 Å². The summed E-state index contributed by atoms with van der Waals surface area (Å²) >= 11 is 0. The quantitative estimate of drug-likeness (QED) is 0.0626. The van der Waals surface area contributed by atoms with Crippen molar-refractivity contribution >= 4 is 11.9 Å². The number of carbonyl (C=O) groups excluding carboxylic acids is 2. The molecule has 0 bridgehead atoms. The molecular formula is C40H53FO5. The van der Waals surface area contributed by atoms with Crippen LogP contribution in [0.3, 0.4) is 0 Å². The van der Waals surface area contributed by atoms with Crippen LogP contribution in [-0.2, 0) is 4.74 Å². The minimum absolute atomic E-state index is 0.0968. The van der Waals surface area contributed by atoms with Gasteiger partial charge >= 0.3 is 11.9 Å². The van der Waals surface area contributed by atoms with Gasteiger partial charge in [0.2, 0.25) is 0 Å². The van der Waals surface area contributed by atoms with Gasteiger partial charge in [0.05, 0.1) is 17.7 Å². The molecule has 3 aromatic carbocycles. The Bertz CT molecular complexity index is 1290. The predicted octanol–water partition coefficient (Wildman–Crippen LogP) is 11.5. The zero-order valence-corrected chi connectivity index (χ0v) is 28.2. The minimum atomic E-state index is -0.793. The number of unbranched alkanes of at least 4 members (excludes halogenated alkanes) is 10. The van der Waals surface area contributed by atoms with E-state index < -0.39 is 17.8 Å². The Hall–Kier alpha value is -3.67. The second-order valence-electron chi connectivity index (χ2n) is 12.1. The summed E-state index contributed by atoms with van der Waals surface area (Å²) in [5, 5.41) is 0. The van der Waals surface area contributed by atoms with Crippen molar-refractivity contribution in [1.29, 1.82) is 0 Å². The maximum Gasteiger partial charge on any atom is 0.343 e. The lowest BCUT2D eigenvalue weighted by atomic mass is 10.0. The van der Waals surface area contributed by atoms with Crippen LogP contribution in [0.2, 0.25) is 0 Å². The first-order chi connectivity index (χ1) is 22.4. The molecule has 0 aromatic heterocycles. The van der Waals surface area contributed by atoms with Crippen molar-refractivity contribution in [3.05, 3.63) is 83.7 Å². The van der Waals surface area contributed by atoms with Crippen LogP contribution in [0.1, 0.15) is 138 Å². The highest BCUT2D eigenvalue weighted by Gasteiger charge is 2.19. The Balaban J connectivity index is 1.46. The van der Waals surface area contributed by atoms with E-state index in [0.717, 1.165) is 74.5 Å². The van der Waals surface area contributed by atoms with Crippen molar-refractivity contribution in [3.63, 3.8) is 0 Å². The summed E-state index contributed by atoms with van der Waals surface area (Å²) in [5.41, 5.74) is 2.32. The number of rotatable bonds is 22. The third-order valence-corrected chi connectivity index (χ3v) is 8.23. The molecule has 0 aliphatic heterocycles. The van der Waals surface area contributed by atoms with Crippen LogP contribution in [0.25, 0.3) is 11.1 Å². The first-order valence-corrected chi connectivity index (χ1v) is 17.5. The molecule has 0 fully saturated rings. The van der Waals surface area contributed by atoms with Crippen molar-refractivity contribution in [2.24, 2.45) is 0 Å². The fourth-order valence-corrected chi connectivity index (χ4v) is 5.36. The molecule has 0 unspecified atom stereocenters. The molecule has 250 valence electrons. The zero-order valence-electron chi connectivity index (χ0n) is 28.2. The molecule has 3 rings (SSSR count). The smallest absolute Gasteiger partial charge is 0.343 e. The van der Waals surface area contributed by atoms with Crippen LogP contribution in [0.5, 0.6) is 11.5 Å². The summed E-state index contributed by atoms with van der Waals surface area (Å²) in [5.74, 6) is -1.43. The second-order valence-corrected chi connectivity index (χ2v) is 12.1. The van der Waals surface area contributed by atoms with E-state index in [4.69, 9.17) is 14.2 Å². The Morgan fingerprint density at radius 1 is 0.609 bits per heavy atom. The molecule has 0 spiro atoms. The Labute approximate surface area is 275 Å². The summed E-state index contributed by atoms with van der Waals surface area (Å²) in [6.45, 7) is 7.16. The molecule has 5 nitrogen and oxygen atoms in total. The summed E-state index contributed by atoms with van der Waals surface area (Å²) in [6, 6.07) is 18.7. The van der Waals surface area contributed by atoms with E-state index in [1.165, 1.54) is 63.5 Å². The third-order valence-electron chi connectivity index (χ3n) is 8.23. The van der Waals surface area contributed by atoms with Crippen molar-refractivity contribution in [2.75, 3.05) is 6.61 Å². The van der Waals surface area contributed by atoms with Crippen LogP contribution in [0.4, 0.5) is 4.39 Å². The van der Waals surface area contributed by atoms with Gasteiger partial charge in [-0.2, -0.15) is 0 Å². The first-order valence-electron chi connectivity index (χ1n) is 17.5. The lowest BCUT2D eigenvalue weighted by molar-refractivity contribution is 0.0250. The molecule has 0 aliphatic rings. The monoisotopic (exact) mass is 632 g/mol. The zero-order chi connectivity index (χ0) is 33.0. The number of hydrogen-bond acceptors (Lipinski definition) is 5. The van der Waals surface area contributed by atoms with E-state index >= 15 is 0 Å². The average molecular weight is 633 g/mol. The average Bonchev–Trinajstić information content (AvgIpc) is 3.08. The molecule has 0 aliphatic carbocycles. The lowest BCUT2D eigenvalue weighted by Crippen LogP contribution is -2.19. The largest absolute Gasteiger partial charge is 0.494 e. The molecule has 0 amide bonds. The molecule has 6 heteroatoms. The molecule has 0 saturated heterocycles. The van der Waals surface area contributed by atoms with Crippen LogP contribution in [0.15, 0.2) is 66.7 Å². The normalized spacial score (nSPS) is 11.1. The molecular weight excluding hydrogens is 579 g/mol. The summed E-state index contributed by atoms with van der Waals surface area (Å²) < 4.78 is 31.8. The number of hydrogen-bond donors (Lipinski definition) is 0. The van der Waals surface area contributed by atoms with Gasteiger partial charge in [0.15, 0.2) is 11.6 Å². The third kappa shape index (κ3) is 13.0. The highest BCUT2D eigenvalue weighted by molar-refractivity contribution is 5.92. The van der Waals surface area contributed by atoms with E-state index in [0.29, 0.717) is 5.56 Å². The number of esters is 2. The number of halogens is 1. The molecule has 46 heavy (non-hydrogen) atoms. The van der Waals surface area contributed by atoms with Gasteiger partial charge in [-0.3, -0.25) is 0 Å². The fraction of sp³-hybridized carbons (Fsp3) is 0.500. The minimum Gasteiger partial charge on any atom is -0.494 e. The summed E-state index contributed by atoms with van der Waals surface area (Å²) in [7, 11) is 0. The fourth-order valence-electron chi connectivity index (χ4n) is 5.36. The van der Waals surface area contributed by atoms with Crippen molar-refractivity contribution < 1.29 is 28.2 Å². The Morgan fingerprint density at radius 3 is 1.70 bits per heavy atom.